The molecule has 0 aliphatic heterocycles. The minimum atomic E-state index is -4.20. The first-order valence-corrected chi connectivity index (χ1v) is 5.65. The third kappa shape index (κ3) is 6.14. The fraction of sp³-hybridized carbons (Fsp3) is 0.583. The summed E-state index contributed by atoms with van der Waals surface area (Å²) in [6.45, 7) is 1.94. The Hall–Kier alpha value is -1.26. The maximum atomic E-state index is 12.3. The smallest absolute Gasteiger partial charge is 0.392 e. The first kappa shape index (κ1) is 13.8. The Morgan fingerprint density at radius 3 is 2.65 bits per heavy atom. The molecule has 1 rings (SSSR count). The van der Waals surface area contributed by atoms with Crippen molar-refractivity contribution < 1.29 is 17.9 Å². The lowest BCUT2D eigenvalue weighted by Crippen LogP contribution is -2.25. The highest BCUT2D eigenvalue weighted by atomic mass is 19.4. The van der Waals surface area contributed by atoms with E-state index < -0.39 is 18.7 Å². The van der Waals surface area contributed by atoms with Crippen molar-refractivity contribution in [2.45, 2.75) is 44.9 Å². The molecule has 0 amide bonds. The van der Waals surface area contributed by atoms with Crippen molar-refractivity contribution in [3.8, 4) is 5.88 Å². The number of pyridine rings is 1. The summed E-state index contributed by atoms with van der Waals surface area (Å²) in [5.74, 6) is 0.248. The zero-order valence-electron chi connectivity index (χ0n) is 9.70. The summed E-state index contributed by atoms with van der Waals surface area (Å²) in [6.07, 6.45) is -2.51. The summed E-state index contributed by atoms with van der Waals surface area (Å²) < 4.78 is 42.3. The van der Waals surface area contributed by atoms with Gasteiger partial charge in [0.2, 0.25) is 5.88 Å². The molecule has 1 atom stereocenters. The molecule has 5 heteroatoms. The highest BCUT2D eigenvalue weighted by molar-refractivity contribution is 5.09. The van der Waals surface area contributed by atoms with Crippen LogP contribution in [0, 0.1) is 0 Å². The standard InChI is InChI=1S/C12H16F3NO/c1-2-3-6-10(9-12(13,14)15)17-11-7-4-5-8-16-11/h4-5,7-8,10H,2-3,6,9H2,1H3. The van der Waals surface area contributed by atoms with Crippen molar-refractivity contribution in [2.75, 3.05) is 0 Å². The monoisotopic (exact) mass is 247 g/mol. The summed E-state index contributed by atoms with van der Waals surface area (Å²) in [7, 11) is 0. The summed E-state index contributed by atoms with van der Waals surface area (Å²) in [5, 5.41) is 0. The van der Waals surface area contributed by atoms with Gasteiger partial charge in [0.1, 0.15) is 6.10 Å². The highest BCUT2D eigenvalue weighted by Crippen LogP contribution is 2.26. The third-order valence-corrected chi connectivity index (χ3v) is 2.26. The minimum absolute atomic E-state index is 0.248. The van der Waals surface area contributed by atoms with Crippen molar-refractivity contribution in [1.82, 2.24) is 4.98 Å². The van der Waals surface area contributed by atoms with Crippen molar-refractivity contribution >= 4 is 0 Å². The van der Waals surface area contributed by atoms with Crippen molar-refractivity contribution in [2.24, 2.45) is 0 Å². The van der Waals surface area contributed by atoms with Gasteiger partial charge < -0.3 is 4.74 Å². The molecule has 1 unspecified atom stereocenters. The molecule has 0 spiro atoms. The van der Waals surface area contributed by atoms with Crippen LogP contribution in [0.2, 0.25) is 0 Å². The molecule has 1 aromatic heterocycles. The predicted octanol–water partition coefficient (Wildman–Crippen LogP) is 3.97. The van der Waals surface area contributed by atoms with Gasteiger partial charge in [0, 0.05) is 12.3 Å². The molecular formula is C12H16F3NO. The number of aromatic nitrogens is 1. The van der Waals surface area contributed by atoms with E-state index >= 15 is 0 Å². The predicted molar refractivity (Wildman–Crippen MR) is 58.9 cm³/mol. The molecule has 0 saturated heterocycles. The number of rotatable bonds is 6. The van der Waals surface area contributed by atoms with E-state index in [9.17, 15) is 13.2 Å². The number of ether oxygens (including phenoxy) is 1. The van der Waals surface area contributed by atoms with E-state index in [0.29, 0.717) is 12.8 Å². The van der Waals surface area contributed by atoms with Gasteiger partial charge in [-0.15, -0.1) is 0 Å². The van der Waals surface area contributed by atoms with Crippen LogP contribution in [0.5, 0.6) is 5.88 Å². The average molecular weight is 247 g/mol. The zero-order valence-corrected chi connectivity index (χ0v) is 9.70. The van der Waals surface area contributed by atoms with Crippen LogP contribution < -0.4 is 4.74 Å². The largest absolute Gasteiger partial charge is 0.474 e. The maximum absolute atomic E-state index is 12.3. The molecular weight excluding hydrogens is 231 g/mol. The van der Waals surface area contributed by atoms with Gasteiger partial charge in [-0.05, 0) is 12.5 Å². The number of nitrogens with zero attached hydrogens (tertiary/aromatic N) is 1. The second kappa shape index (κ2) is 6.47. The number of alkyl halides is 3. The maximum Gasteiger partial charge on any atom is 0.392 e. The Balaban J connectivity index is 2.57. The Morgan fingerprint density at radius 2 is 2.12 bits per heavy atom. The summed E-state index contributed by atoms with van der Waals surface area (Å²) in [6, 6.07) is 4.94. The van der Waals surface area contributed by atoms with Crippen LogP contribution in [0.15, 0.2) is 24.4 Å². The van der Waals surface area contributed by atoms with Gasteiger partial charge in [0.05, 0.1) is 6.42 Å². The van der Waals surface area contributed by atoms with E-state index in [0.717, 1.165) is 6.42 Å². The molecule has 1 aromatic rings. The minimum Gasteiger partial charge on any atom is -0.474 e. The van der Waals surface area contributed by atoms with E-state index in [1.165, 1.54) is 6.20 Å². The van der Waals surface area contributed by atoms with E-state index in [-0.39, 0.29) is 5.88 Å². The Kier molecular flexibility index (Phi) is 5.25. The molecule has 0 radical (unpaired) electrons. The first-order valence-electron chi connectivity index (χ1n) is 5.65. The van der Waals surface area contributed by atoms with Crippen molar-refractivity contribution in [3.63, 3.8) is 0 Å². The van der Waals surface area contributed by atoms with Crippen LogP contribution in [0.1, 0.15) is 32.6 Å². The van der Waals surface area contributed by atoms with Crippen LogP contribution in [-0.2, 0) is 0 Å². The van der Waals surface area contributed by atoms with Crippen LogP contribution >= 0.6 is 0 Å². The topological polar surface area (TPSA) is 22.1 Å². The highest BCUT2D eigenvalue weighted by Gasteiger charge is 2.32. The molecule has 0 bridgehead atoms. The van der Waals surface area contributed by atoms with Gasteiger partial charge in [0.25, 0.3) is 0 Å². The SMILES string of the molecule is CCCCC(CC(F)(F)F)Oc1ccccn1. The quantitative estimate of drug-likeness (QED) is 0.758. The third-order valence-electron chi connectivity index (χ3n) is 2.26. The van der Waals surface area contributed by atoms with E-state index in [4.69, 9.17) is 4.74 Å². The van der Waals surface area contributed by atoms with Gasteiger partial charge in [-0.25, -0.2) is 4.98 Å². The number of hydrogen-bond acceptors (Lipinski definition) is 2. The molecule has 0 saturated carbocycles. The van der Waals surface area contributed by atoms with E-state index in [1.807, 2.05) is 6.92 Å². The molecule has 0 fully saturated rings. The molecule has 17 heavy (non-hydrogen) atoms. The molecule has 0 aromatic carbocycles. The summed E-state index contributed by atoms with van der Waals surface area (Å²) >= 11 is 0. The van der Waals surface area contributed by atoms with Gasteiger partial charge in [-0.1, -0.05) is 25.8 Å². The fourth-order valence-corrected chi connectivity index (χ4v) is 1.48. The fourth-order valence-electron chi connectivity index (χ4n) is 1.48. The molecule has 0 aliphatic carbocycles. The lowest BCUT2D eigenvalue weighted by atomic mass is 10.1. The Labute approximate surface area is 98.8 Å². The van der Waals surface area contributed by atoms with Crippen LogP contribution in [0.4, 0.5) is 13.2 Å². The number of hydrogen-bond donors (Lipinski definition) is 0. The van der Waals surface area contributed by atoms with Crippen LogP contribution in [0.25, 0.3) is 0 Å². The second-order valence-corrected chi connectivity index (χ2v) is 3.87. The number of unbranched alkanes of at least 4 members (excludes halogenated alkanes) is 1. The van der Waals surface area contributed by atoms with Gasteiger partial charge in [0.15, 0.2) is 0 Å². The van der Waals surface area contributed by atoms with Crippen molar-refractivity contribution in [1.29, 1.82) is 0 Å². The van der Waals surface area contributed by atoms with E-state index in [2.05, 4.69) is 4.98 Å². The average Bonchev–Trinajstić information content (AvgIpc) is 2.25. The molecule has 2 nitrogen and oxygen atoms in total. The van der Waals surface area contributed by atoms with Gasteiger partial charge in [-0.3, -0.25) is 0 Å². The van der Waals surface area contributed by atoms with Gasteiger partial charge in [-0.2, -0.15) is 13.2 Å². The molecule has 96 valence electrons. The Morgan fingerprint density at radius 1 is 1.35 bits per heavy atom. The van der Waals surface area contributed by atoms with Crippen molar-refractivity contribution in [3.05, 3.63) is 24.4 Å². The zero-order chi connectivity index (χ0) is 12.7. The summed E-state index contributed by atoms with van der Waals surface area (Å²) in [5.41, 5.74) is 0. The van der Waals surface area contributed by atoms with Gasteiger partial charge >= 0.3 is 6.18 Å². The van der Waals surface area contributed by atoms with Crippen LogP contribution in [0.3, 0.4) is 0 Å². The lowest BCUT2D eigenvalue weighted by molar-refractivity contribution is -0.151. The molecule has 0 N–H and O–H groups in total. The van der Waals surface area contributed by atoms with E-state index in [1.54, 1.807) is 18.2 Å². The van der Waals surface area contributed by atoms with Crippen LogP contribution in [-0.4, -0.2) is 17.3 Å². The second-order valence-electron chi connectivity index (χ2n) is 3.87. The Bertz CT molecular complexity index is 313. The summed E-state index contributed by atoms with van der Waals surface area (Å²) in [4.78, 5) is 3.87. The molecule has 0 aliphatic rings. The normalized spacial score (nSPS) is 13.4. The number of halogens is 3. The molecule has 1 heterocycles. The lowest BCUT2D eigenvalue weighted by Gasteiger charge is -2.19. The first-order chi connectivity index (χ1) is 8.01.